The quantitative estimate of drug-likeness (QED) is 0.589. The molecule has 0 heterocycles. The number of hydrogen-bond donors (Lipinski definition) is 1. The van der Waals surface area contributed by atoms with Gasteiger partial charge in [0.1, 0.15) is 0 Å². The lowest BCUT2D eigenvalue weighted by molar-refractivity contribution is -0.121. The molecule has 2 aromatic rings. The Bertz CT molecular complexity index is 692. The molecule has 0 unspecified atom stereocenters. The number of Topliss-reactive ketones (excluding diaryl/α,β-unsaturated/α-hetero) is 1. The van der Waals surface area contributed by atoms with Gasteiger partial charge in [-0.3, -0.25) is 9.59 Å². The number of ketones is 1. The maximum absolute atomic E-state index is 11.9. The molecule has 126 valence electrons. The summed E-state index contributed by atoms with van der Waals surface area (Å²) < 4.78 is 0. The molecular weight excluding hydrogens is 298 g/mol. The Kier molecular flexibility index (Phi) is 6.74. The van der Waals surface area contributed by atoms with Gasteiger partial charge in [-0.1, -0.05) is 54.1 Å². The number of amides is 1. The van der Waals surface area contributed by atoms with Gasteiger partial charge in [-0.15, -0.1) is 0 Å². The third-order valence-electron chi connectivity index (χ3n) is 4.12. The molecule has 0 aliphatic rings. The van der Waals surface area contributed by atoms with Crippen molar-refractivity contribution in [2.45, 2.75) is 39.5 Å². The van der Waals surface area contributed by atoms with Gasteiger partial charge in [-0.2, -0.15) is 0 Å². The van der Waals surface area contributed by atoms with Crippen LogP contribution < -0.4 is 5.32 Å². The number of nitrogens with one attached hydrogen (secondary N) is 1. The van der Waals surface area contributed by atoms with Crippen molar-refractivity contribution in [2.24, 2.45) is 0 Å². The molecule has 24 heavy (non-hydrogen) atoms. The zero-order valence-electron chi connectivity index (χ0n) is 14.5. The van der Waals surface area contributed by atoms with Gasteiger partial charge in [0.05, 0.1) is 0 Å². The smallest absolute Gasteiger partial charge is 0.220 e. The molecule has 2 rings (SSSR count). The summed E-state index contributed by atoms with van der Waals surface area (Å²) >= 11 is 0. The Morgan fingerprint density at radius 3 is 2.42 bits per heavy atom. The summed E-state index contributed by atoms with van der Waals surface area (Å²) in [6.45, 7) is 4.86. The Morgan fingerprint density at radius 1 is 0.958 bits per heavy atom. The van der Waals surface area contributed by atoms with E-state index in [-0.39, 0.29) is 24.5 Å². The lowest BCUT2D eigenvalue weighted by Crippen LogP contribution is -2.25. The minimum atomic E-state index is -0.0556. The van der Waals surface area contributed by atoms with E-state index in [1.165, 1.54) is 16.7 Å². The predicted octanol–water partition coefficient (Wildman–Crippen LogP) is 4.02. The molecule has 0 saturated carbocycles. The van der Waals surface area contributed by atoms with Gasteiger partial charge in [0.15, 0.2) is 5.78 Å². The first-order valence-corrected chi connectivity index (χ1v) is 8.47. The third-order valence-corrected chi connectivity index (χ3v) is 4.12. The second-order valence-electron chi connectivity index (χ2n) is 6.17. The van der Waals surface area contributed by atoms with Gasteiger partial charge in [0.25, 0.3) is 0 Å². The lowest BCUT2D eigenvalue weighted by atomic mass is 10.0. The second kappa shape index (κ2) is 9.02. The molecule has 3 nitrogen and oxygen atoms in total. The van der Waals surface area contributed by atoms with E-state index in [9.17, 15) is 9.59 Å². The van der Waals surface area contributed by atoms with Crippen molar-refractivity contribution in [2.75, 3.05) is 6.54 Å². The molecule has 0 aliphatic carbocycles. The van der Waals surface area contributed by atoms with Gasteiger partial charge in [0, 0.05) is 24.9 Å². The number of benzene rings is 2. The molecule has 0 saturated heterocycles. The molecule has 3 heteroatoms. The molecule has 0 aliphatic heterocycles. The van der Waals surface area contributed by atoms with E-state index < -0.39 is 0 Å². The first kappa shape index (κ1) is 17.9. The van der Waals surface area contributed by atoms with E-state index in [1.54, 1.807) is 12.1 Å². The average Bonchev–Trinajstić information content (AvgIpc) is 2.59. The standard InChI is InChI=1S/C21H25NO2/c1-16-10-11-18(17(2)15-16)9-6-14-22-21(24)13-12-20(23)19-7-4-3-5-8-19/h3-5,7-8,10-11,15H,6,9,12-14H2,1-2H3,(H,22,24). The van der Waals surface area contributed by atoms with Crippen molar-refractivity contribution in [3.63, 3.8) is 0 Å². The summed E-state index contributed by atoms with van der Waals surface area (Å²) in [5.41, 5.74) is 4.57. The highest BCUT2D eigenvalue weighted by molar-refractivity contribution is 5.97. The molecule has 0 fully saturated rings. The monoisotopic (exact) mass is 323 g/mol. The molecule has 0 atom stereocenters. The summed E-state index contributed by atoms with van der Waals surface area (Å²) in [5, 5.41) is 2.90. The van der Waals surface area contributed by atoms with E-state index >= 15 is 0 Å². The van der Waals surface area contributed by atoms with Crippen molar-refractivity contribution in [3.05, 3.63) is 70.8 Å². The van der Waals surface area contributed by atoms with Crippen molar-refractivity contribution in [1.82, 2.24) is 5.32 Å². The zero-order valence-corrected chi connectivity index (χ0v) is 14.5. The van der Waals surface area contributed by atoms with E-state index in [4.69, 9.17) is 0 Å². The fourth-order valence-electron chi connectivity index (χ4n) is 2.72. The first-order chi connectivity index (χ1) is 11.6. The van der Waals surface area contributed by atoms with Crippen LogP contribution in [0.1, 0.15) is 46.3 Å². The van der Waals surface area contributed by atoms with Gasteiger partial charge < -0.3 is 5.32 Å². The second-order valence-corrected chi connectivity index (χ2v) is 6.17. The highest BCUT2D eigenvalue weighted by Gasteiger charge is 2.08. The van der Waals surface area contributed by atoms with Crippen LogP contribution in [0.15, 0.2) is 48.5 Å². The highest BCUT2D eigenvalue weighted by atomic mass is 16.2. The average molecular weight is 323 g/mol. The predicted molar refractivity (Wildman–Crippen MR) is 97.3 cm³/mol. The Balaban J connectivity index is 1.65. The summed E-state index contributed by atoms with van der Waals surface area (Å²) in [6, 6.07) is 15.6. The normalized spacial score (nSPS) is 10.4. The Morgan fingerprint density at radius 2 is 1.71 bits per heavy atom. The molecule has 2 aromatic carbocycles. The van der Waals surface area contributed by atoms with Crippen molar-refractivity contribution >= 4 is 11.7 Å². The first-order valence-electron chi connectivity index (χ1n) is 8.47. The fourth-order valence-corrected chi connectivity index (χ4v) is 2.72. The topological polar surface area (TPSA) is 46.2 Å². The maximum atomic E-state index is 11.9. The third kappa shape index (κ3) is 5.65. The van der Waals surface area contributed by atoms with Gasteiger partial charge >= 0.3 is 0 Å². The van der Waals surface area contributed by atoms with Crippen LogP contribution in [0.25, 0.3) is 0 Å². The molecule has 0 radical (unpaired) electrons. The van der Waals surface area contributed by atoms with Crippen LogP contribution in [0.2, 0.25) is 0 Å². The minimum absolute atomic E-state index is 0.0148. The summed E-state index contributed by atoms with van der Waals surface area (Å²) in [7, 11) is 0. The van der Waals surface area contributed by atoms with Crippen LogP contribution in [0.3, 0.4) is 0 Å². The summed E-state index contributed by atoms with van der Waals surface area (Å²) in [4.78, 5) is 23.8. The van der Waals surface area contributed by atoms with E-state index in [1.807, 2.05) is 18.2 Å². The van der Waals surface area contributed by atoms with Crippen molar-refractivity contribution in [3.8, 4) is 0 Å². The Hall–Kier alpha value is -2.42. The SMILES string of the molecule is Cc1ccc(CCCNC(=O)CCC(=O)c2ccccc2)c(C)c1. The van der Waals surface area contributed by atoms with Gasteiger partial charge in [-0.05, 0) is 37.8 Å². The van der Waals surface area contributed by atoms with Crippen molar-refractivity contribution < 1.29 is 9.59 Å². The summed E-state index contributed by atoms with van der Waals surface area (Å²) in [6.07, 6.45) is 2.36. The minimum Gasteiger partial charge on any atom is -0.356 e. The molecule has 1 N–H and O–H groups in total. The van der Waals surface area contributed by atoms with Crippen molar-refractivity contribution in [1.29, 1.82) is 0 Å². The lowest BCUT2D eigenvalue weighted by Gasteiger charge is -2.08. The van der Waals surface area contributed by atoms with Crippen LogP contribution in [-0.2, 0) is 11.2 Å². The van der Waals surface area contributed by atoms with Crippen LogP contribution in [0.5, 0.6) is 0 Å². The van der Waals surface area contributed by atoms with Crippen LogP contribution in [0, 0.1) is 13.8 Å². The molecule has 0 spiro atoms. The number of hydrogen-bond acceptors (Lipinski definition) is 2. The molecule has 1 amide bonds. The maximum Gasteiger partial charge on any atom is 0.220 e. The molecule has 0 bridgehead atoms. The zero-order chi connectivity index (χ0) is 17.4. The fraction of sp³-hybridized carbons (Fsp3) is 0.333. The van der Waals surface area contributed by atoms with E-state index in [0.717, 1.165) is 12.8 Å². The van der Waals surface area contributed by atoms with Gasteiger partial charge in [0.2, 0.25) is 5.91 Å². The largest absolute Gasteiger partial charge is 0.356 e. The van der Waals surface area contributed by atoms with Gasteiger partial charge in [-0.25, -0.2) is 0 Å². The van der Waals surface area contributed by atoms with Crippen LogP contribution in [0.4, 0.5) is 0 Å². The number of carbonyl (C=O) groups excluding carboxylic acids is 2. The van der Waals surface area contributed by atoms with Crippen LogP contribution in [-0.4, -0.2) is 18.2 Å². The van der Waals surface area contributed by atoms with Crippen LogP contribution >= 0.6 is 0 Å². The highest BCUT2D eigenvalue weighted by Crippen LogP contribution is 2.12. The number of carbonyl (C=O) groups is 2. The molecular formula is C21H25NO2. The van der Waals surface area contributed by atoms with E-state index in [0.29, 0.717) is 12.1 Å². The number of rotatable bonds is 8. The van der Waals surface area contributed by atoms with E-state index in [2.05, 4.69) is 37.4 Å². The molecule has 0 aromatic heterocycles. The number of aryl methyl sites for hydroxylation is 3. The summed E-state index contributed by atoms with van der Waals surface area (Å²) in [5.74, 6) is -0.0408. The Labute approximate surface area is 144 Å².